The lowest BCUT2D eigenvalue weighted by atomic mass is 10.2. The molecule has 0 saturated carbocycles. The normalized spacial score (nSPS) is 11.4. The van der Waals surface area contributed by atoms with Crippen molar-refractivity contribution in [2.75, 3.05) is 19.0 Å². The van der Waals surface area contributed by atoms with Crippen LogP contribution in [-0.2, 0) is 4.79 Å². The smallest absolute Gasteiger partial charge is 0.263 e. The van der Waals surface area contributed by atoms with Gasteiger partial charge in [0, 0.05) is 12.1 Å². The number of hydrogen-bond donors (Lipinski definition) is 1. The van der Waals surface area contributed by atoms with Crippen molar-refractivity contribution in [2.45, 2.75) is 26.3 Å². The van der Waals surface area contributed by atoms with Gasteiger partial charge in [-0.05, 0) is 25.5 Å². The van der Waals surface area contributed by atoms with Gasteiger partial charge in [0.2, 0.25) is 0 Å². The van der Waals surface area contributed by atoms with E-state index in [0.717, 1.165) is 6.42 Å². The highest BCUT2D eigenvalue weighted by Gasteiger charge is 2.13. The maximum Gasteiger partial charge on any atom is 0.263 e. The maximum atomic E-state index is 12.1. The van der Waals surface area contributed by atoms with Gasteiger partial charge < -0.3 is 14.8 Å². The molecule has 2 rings (SSSR count). The molecule has 1 unspecified atom stereocenters. The van der Waals surface area contributed by atoms with Crippen LogP contribution in [0.5, 0.6) is 11.5 Å². The van der Waals surface area contributed by atoms with E-state index >= 15 is 0 Å². The third kappa shape index (κ3) is 4.04. The summed E-state index contributed by atoms with van der Waals surface area (Å²) in [6.45, 7) is 3.91. The summed E-state index contributed by atoms with van der Waals surface area (Å²) in [6.07, 6.45) is 2.55. The number of methoxy groups -OCH3 is 1. The highest BCUT2D eigenvalue weighted by molar-refractivity contribution is 5.91. The number of amides is 1. The Balaban J connectivity index is 1.99. The Morgan fingerprint density at radius 1 is 1.42 bits per heavy atom. The number of rotatable bonds is 7. The van der Waals surface area contributed by atoms with E-state index in [1.165, 1.54) is 7.11 Å². The first-order valence-corrected chi connectivity index (χ1v) is 7.63. The molecule has 1 atom stereocenters. The minimum Gasteiger partial charge on any atom is -0.493 e. The van der Waals surface area contributed by atoms with Crippen molar-refractivity contribution in [2.24, 2.45) is 0 Å². The van der Waals surface area contributed by atoms with E-state index < -0.39 is 0 Å². The number of nitrogens with one attached hydrogen (secondary N) is 1. The van der Waals surface area contributed by atoms with Crippen molar-refractivity contribution in [3.8, 4) is 17.6 Å². The number of hydrogen-bond acceptors (Lipinski definition) is 5. The number of carbonyl (C=O) groups is 1. The molecule has 0 aliphatic heterocycles. The van der Waals surface area contributed by atoms with Crippen LogP contribution in [0.15, 0.2) is 30.5 Å². The number of anilines is 1. The Hall–Kier alpha value is -3.01. The van der Waals surface area contributed by atoms with E-state index in [0.29, 0.717) is 22.9 Å². The van der Waals surface area contributed by atoms with Gasteiger partial charge in [0.05, 0.1) is 31.0 Å². The van der Waals surface area contributed by atoms with E-state index in [9.17, 15) is 4.79 Å². The van der Waals surface area contributed by atoms with E-state index in [4.69, 9.17) is 14.7 Å². The molecule has 1 aromatic heterocycles. The van der Waals surface area contributed by atoms with Crippen molar-refractivity contribution >= 4 is 11.7 Å². The minimum atomic E-state index is -0.300. The molecule has 0 aliphatic rings. The van der Waals surface area contributed by atoms with E-state index in [2.05, 4.69) is 17.3 Å². The Morgan fingerprint density at radius 3 is 2.88 bits per heavy atom. The highest BCUT2D eigenvalue weighted by Crippen LogP contribution is 2.27. The van der Waals surface area contributed by atoms with E-state index in [-0.39, 0.29) is 18.6 Å². The van der Waals surface area contributed by atoms with Crippen LogP contribution < -0.4 is 14.8 Å². The average Bonchev–Trinajstić information content (AvgIpc) is 3.07. The number of aromatic nitrogens is 2. The first kappa shape index (κ1) is 17.3. The quantitative estimate of drug-likeness (QED) is 0.844. The van der Waals surface area contributed by atoms with Gasteiger partial charge in [0.15, 0.2) is 18.1 Å². The number of carbonyl (C=O) groups excluding carboxylic acids is 1. The molecular weight excluding hydrogens is 308 g/mol. The van der Waals surface area contributed by atoms with Crippen LogP contribution in [0.1, 0.15) is 31.9 Å². The SMILES string of the molecule is CCC(C)n1nccc1NC(=O)COc1ccc(C#N)cc1OC. The van der Waals surface area contributed by atoms with Gasteiger partial charge in [0.1, 0.15) is 5.82 Å². The second-order valence-corrected chi connectivity index (χ2v) is 5.23. The largest absolute Gasteiger partial charge is 0.493 e. The lowest BCUT2D eigenvalue weighted by molar-refractivity contribution is -0.118. The van der Waals surface area contributed by atoms with E-state index in [1.807, 2.05) is 13.0 Å². The Kier molecular flexibility index (Phi) is 5.79. The first-order chi connectivity index (χ1) is 11.6. The molecule has 1 amide bonds. The van der Waals surface area contributed by atoms with Crippen LogP contribution >= 0.6 is 0 Å². The fourth-order valence-corrected chi connectivity index (χ4v) is 2.12. The van der Waals surface area contributed by atoms with Crippen LogP contribution in [-0.4, -0.2) is 29.4 Å². The van der Waals surface area contributed by atoms with Gasteiger partial charge in [0.25, 0.3) is 5.91 Å². The summed E-state index contributed by atoms with van der Waals surface area (Å²) in [5, 5.41) is 15.9. The predicted octanol–water partition coefficient (Wildman–Crippen LogP) is 2.75. The molecule has 1 N–H and O–H groups in total. The summed E-state index contributed by atoms with van der Waals surface area (Å²) < 4.78 is 12.4. The van der Waals surface area contributed by atoms with Gasteiger partial charge in [-0.15, -0.1) is 0 Å². The van der Waals surface area contributed by atoms with Crippen molar-refractivity contribution < 1.29 is 14.3 Å². The molecule has 0 spiro atoms. The number of nitrogens with zero attached hydrogens (tertiary/aromatic N) is 3. The summed E-state index contributed by atoms with van der Waals surface area (Å²) in [7, 11) is 1.48. The third-order valence-electron chi connectivity index (χ3n) is 3.60. The fourth-order valence-electron chi connectivity index (χ4n) is 2.12. The summed E-state index contributed by atoms with van der Waals surface area (Å²) >= 11 is 0. The van der Waals surface area contributed by atoms with Crippen LogP contribution in [0.4, 0.5) is 5.82 Å². The topological polar surface area (TPSA) is 89.2 Å². The van der Waals surface area contributed by atoms with Gasteiger partial charge in [-0.1, -0.05) is 6.92 Å². The van der Waals surface area contributed by atoms with Crippen molar-refractivity contribution in [1.29, 1.82) is 5.26 Å². The molecule has 24 heavy (non-hydrogen) atoms. The summed E-state index contributed by atoms with van der Waals surface area (Å²) in [6, 6.07) is 8.72. The zero-order chi connectivity index (χ0) is 17.5. The molecule has 0 fully saturated rings. The Morgan fingerprint density at radius 2 is 2.21 bits per heavy atom. The van der Waals surface area contributed by atoms with Crippen molar-refractivity contribution in [1.82, 2.24) is 9.78 Å². The van der Waals surface area contributed by atoms with Crippen molar-refractivity contribution in [3.63, 3.8) is 0 Å². The summed E-state index contributed by atoms with van der Waals surface area (Å²) in [4.78, 5) is 12.1. The molecule has 0 bridgehead atoms. The number of nitriles is 1. The fraction of sp³-hybridized carbons (Fsp3) is 0.353. The lowest BCUT2D eigenvalue weighted by Gasteiger charge is -2.15. The highest BCUT2D eigenvalue weighted by atomic mass is 16.5. The molecule has 0 aliphatic carbocycles. The zero-order valence-corrected chi connectivity index (χ0v) is 13.9. The zero-order valence-electron chi connectivity index (χ0n) is 13.9. The molecule has 7 heteroatoms. The Bertz CT molecular complexity index is 749. The van der Waals surface area contributed by atoms with Crippen LogP contribution in [0.3, 0.4) is 0 Å². The second-order valence-electron chi connectivity index (χ2n) is 5.23. The molecule has 1 aromatic carbocycles. The lowest BCUT2D eigenvalue weighted by Crippen LogP contribution is -2.23. The molecule has 2 aromatic rings. The van der Waals surface area contributed by atoms with Gasteiger partial charge in [-0.3, -0.25) is 4.79 Å². The van der Waals surface area contributed by atoms with Gasteiger partial charge in [-0.2, -0.15) is 10.4 Å². The first-order valence-electron chi connectivity index (χ1n) is 7.63. The maximum absolute atomic E-state index is 12.1. The molecule has 1 heterocycles. The minimum absolute atomic E-state index is 0.173. The molecule has 0 saturated heterocycles. The van der Waals surface area contributed by atoms with Gasteiger partial charge in [-0.25, -0.2) is 4.68 Å². The molecule has 126 valence electrons. The molecule has 0 radical (unpaired) electrons. The van der Waals surface area contributed by atoms with Crippen LogP contribution in [0.2, 0.25) is 0 Å². The Labute approximate surface area is 140 Å². The predicted molar refractivity (Wildman–Crippen MR) is 89.1 cm³/mol. The molecule has 7 nitrogen and oxygen atoms in total. The van der Waals surface area contributed by atoms with Crippen LogP contribution in [0, 0.1) is 11.3 Å². The van der Waals surface area contributed by atoms with Crippen LogP contribution in [0.25, 0.3) is 0 Å². The van der Waals surface area contributed by atoms with E-state index in [1.54, 1.807) is 35.1 Å². The third-order valence-corrected chi connectivity index (χ3v) is 3.60. The van der Waals surface area contributed by atoms with Gasteiger partial charge >= 0.3 is 0 Å². The monoisotopic (exact) mass is 328 g/mol. The average molecular weight is 328 g/mol. The number of ether oxygens (including phenoxy) is 2. The molecular formula is C17H20N4O3. The summed E-state index contributed by atoms with van der Waals surface area (Å²) in [5.74, 6) is 1.14. The standard InChI is InChI=1S/C17H20N4O3/c1-4-12(2)21-16(7-8-19-21)20-17(22)11-24-14-6-5-13(10-18)9-15(14)23-3/h5-9,12H,4,11H2,1-3H3,(H,20,22). The van der Waals surface area contributed by atoms with Crippen molar-refractivity contribution in [3.05, 3.63) is 36.0 Å². The second kappa shape index (κ2) is 8.02. The number of benzene rings is 1. The summed E-state index contributed by atoms with van der Waals surface area (Å²) in [5.41, 5.74) is 0.459.